The van der Waals surface area contributed by atoms with Crippen molar-refractivity contribution in [1.29, 1.82) is 0 Å². The summed E-state index contributed by atoms with van der Waals surface area (Å²) >= 11 is 0. The molecule has 1 aliphatic rings. The van der Waals surface area contributed by atoms with Gasteiger partial charge in [0.1, 0.15) is 0 Å². The fourth-order valence-electron chi connectivity index (χ4n) is 2.52. The molecule has 0 spiro atoms. The van der Waals surface area contributed by atoms with Crippen LogP contribution in [0.1, 0.15) is 27.2 Å². The average Bonchev–Trinajstić information content (AvgIpc) is 2.07. The molecule has 1 radical (unpaired) electrons. The van der Waals surface area contributed by atoms with Crippen LogP contribution < -0.4 is 0 Å². The van der Waals surface area contributed by atoms with Crippen LogP contribution in [-0.4, -0.2) is 35.0 Å². The van der Waals surface area contributed by atoms with Crippen molar-refractivity contribution < 1.29 is 16.5 Å². The summed E-state index contributed by atoms with van der Waals surface area (Å²) in [5, 5.41) is 0. The highest BCUT2D eigenvalue weighted by atomic mass is 28.5. The molecule has 1 heterocycles. The molecule has 119 valence electrons. The van der Waals surface area contributed by atoms with E-state index in [1.165, 1.54) is 0 Å². The molecule has 4 nitrogen and oxygen atoms in total. The quantitative estimate of drug-likeness (QED) is 0.702. The lowest BCUT2D eigenvalue weighted by molar-refractivity contribution is 0.241. The van der Waals surface area contributed by atoms with E-state index in [1.807, 2.05) is 6.55 Å². The zero-order valence-corrected chi connectivity index (χ0v) is 18.5. The lowest BCUT2D eigenvalue weighted by atomic mass is 9.94. The zero-order valence-electron chi connectivity index (χ0n) is 14.5. The van der Waals surface area contributed by atoms with Gasteiger partial charge in [0.05, 0.1) is 0 Å². The second-order valence-electron chi connectivity index (χ2n) is 7.89. The first-order chi connectivity index (χ1) is 8.72. The summed E-state index contributed by atoms with van der Waals surface area (Å²) in [4.78, 5) is 0. The largest absolute Gasteiger partial charge is 0.416 e. The maximum atomic E-state index is 6.48. The van der Waals surface area contributed by atoms with E-state index in [-0.39, 0.29) is 0 Å². The van der Waals surface area contributed by atoms with Gasteiger partial charge in [-0.15, -0.1) is 0 Å². The molecule has 0 amide bonds. The van der Waals surface area contributed by atoms with Gasteiger partial charge in [0, 0.05) is 0 Å². The Hall–Kier alpha value is 0.708. The highest BCUT2D eigenvalue weighted by molar-refractivity contribution is 6.89. The van der Waals surface area contributed by atoms with Crippen molar-refractivity contribution in [3.8, 4) is 0 Å². The van der Waals surface area contributed by atoms with Crippen molar-refractivity contribution >= 4 is 35.0 Å². The molecular formula is C12H31O4Si4. The van der Waals surface area contributed by atoms with Crippen LogP contribution in [0.15, 0.2) is 0 Å². The first kappa shape index (κ1) is 18.8. The molecule has 1 aliphatic heterocycles. The Morgan fingerprint density at radius 3 is 1.60 bits per heavy atom. The molecule has 1 fully saturated rings. The summed E-state index contributed by atoms with van der Waals surface area (Å²) in [5.41, 5.74) is 0.296. The summed E-state index contributed by atoms with van der Waals surface area (Å²) < 4.78 is 25.2. The Morgan fingerprint density at radius 2 is 1.25 bits per heavy atom. The molecule has 0 N–H and O–H groups in total. The monoisotopic (exact) mass is 351 g/mol. The smallest absolute Gasteiger partial charge is 0.362 e. The maximum absolute atomic E-state index is 6.48. The van der Waals surface area contributed by atoms with Gasteiger partial charge in [-0.3, -0.25) is 0 Å². The van der Waals surface area contributed by atoms with Gasteiger partial charge in [-0.2, -0.15) is 0 Å². The molecule has 0 bridgehead atoms. The van der Waals surface area contributed by atoms with E-state index in [9.17, 15) is 0 Å². The van der Waals surface area contributed by atoms with Crippen LogP contribution in [-0.2, 0) is 16.5 Å². The fourth-order valence-corrected chi connectivity index (χ4v) is 20.6. The molecule has 20 heavy (non-hydrogen) atoms. The van der Waals surface area contributed by atoms with Crippen LogP contribution in [0.25, 0.3) is 0 Å². The van der Waals surface area contributed by atoms with E-state index in [4.69, 9.17) is 16.5 Å². The molecule has 0 saturated carbocycles. The Kier molecular flexibility index (Phi) is 5.69. The fraction of sp³-hybridized carbons (Fsp3) is 1.00. The van der Waals surface area contributed by atoms with Crippen LogP contribution in [0.3, 0.4) is 0 Å². The van der Waals surface area contributed by atoms with Crippen molar-refractivity contribution in [3.05, 3.63) is 0 Å². The minimum absolute atomic E-state index is 0.296. The molecule has 0 unspecified atom stereocenters. The lowest BCUT2D eigenvalue weighted by Gasteiger charge is -2.44. The van der Waals surface area contributed by atoms with Gasteiger partial charge in [-0.1, -0.05) is 20.8 Å². The number of rotatable bonds is 2. The van der Waals surface area contributed by atoms with Gasteiger partial charge in [0.15, 0.2) is 0 Å². The third-order valence-corrected chi connectivity index (χ3v) is 17.8. The molecule has 0 atom stereocenters. The van der Waals surface area contributed by atoms with Crippen molar-refractivity contribution in [2.24, 2.45) is 5.41 Å². The lowest BCUT2D eigenvalue weighted by Crippen LogP contribution is -2.61. The summed E-state index contributed by atoms with van der Waals surface area (Å²) in [7, 11) is -7.80. The topological polar surface area (TPSA) is 36.9 Å². The van der Waals surface area contributed by atoms with Gasteiger partial charge in [-0.05, 0) is 57.2 Å². The summed E-state index contributed by atoms with van der Waals surface area (Å²) in [6.45, 7) is 19.4. The van der Waals surface area contributed by atoms with Gasteiger partial charge in [-0.25, -0.2) is 0 Å². The van der Waals surface area contributed by atoms with E-state index in [0.717, 1.165) is 12.5 Å². The highest BCUT2D eigenvalue weighted by Gasteiger charge is 2.49. The van der Waals surface area contributed by atoms with Crippen molar-refractivity contribution in [2.75, 3.05) is 0 Å². The Balaban J connectivity index is 2.90. The van der Waals surface area contributed by atoms with Gasteiger partial charge in [0.2, 0.25) is 0 Å². The Labute approximate surface area is 129 Å². The molecule has 0 aromatic heterocycles. The molecule has 8 heteroatoms. The predicted molar refractivity (Wildman–Crippen MR) is 91.4 cm³/mol. The molecule has 0 aliphatic carbocycles. The third-order valence-electron chi connectivity index (χ3n) is 3.03. The maximum Gasteiger partial charge on any atom is 0.362 e. The molecular weight excluding hydrogens is 320 g/mol. The van der Waals surface area contributed by atoms with E-state index >= 15 is 0 Å². The predicted octanol–water partition coefficient (Wildman–Crippen LogP) is 4.10. The first-order valence-electron chi connectivity index (χ1n) is 7.34. The van der Waals surface area contributed by atoms with Gasteiger partial charge in [0.25, 0.3) is 0 Å². The van der Waals surface area contributed by atoms with E-state index in [0.29, 0.717) is 5.41 Å². The van der Waals surface area contributed by atoms with Gasteiger partial charge < -0.3 is 16.5 Å². The Bertz CT molecular complexity index is 321. The number of hydrogen-bond donors (Lipinski definition) is 0. The summed E-state index contributed by atoms with van der Waals surface area (Å²) in [6.07, 6.45) is 1.11. The SMILES string of the molecule is C[Si]1O[Si](C)(C)O[Si](C)(CCC(C)(C)C)O[Si](C)(C)O1. The van der Waals surface area contributed by atoms with Crippen LogP contribution in [0, 0.1) is 5.41 Å². The van der Waals surface area contributed by atoms with E-state index in [2.05, 4.69) is 53.5 Å². The van der Waals surface area contributed by atoms with E-state index < -0.39 is 35.0 Å². The molecule has 0 aromatic carbocycles. The van der Waals surface area contributed by atoms with Crippen LogP contribution in [0.4, 0.5) is 0 Å². The molecule has 1 rings (SSSR count). The van der Waals surface area contributed by atoms with Crippen LogP contribution in [0.5, 0.6) is 0 Å². The third kappa shape index (κ3) is 6.65. The minimum Gasteiger partial charge on any atom is -0.416 e. The van der Waals surface area contributed by atoms with Crippen LogP contribution in [0.2, 0.25) is 45.3 Å². The average molecular weight is 352 g/mol. The second kappa shape index (κ2) is 6.07. The highest BCUT2D eigenvalue weighted by Crippen LogP contribution is 2.33. The van der Waals surface area contributed by atoms with Crippen molar-refractivity contribution in [1.82, 2.24) is 0 Å². The zero-order chi connectivity index (χ0) is 15.8. The second-order valence-corrected chi connectivity index (χ2v) is 20.5. The van der Waals surface area contributed by atoms with Crippen molar-refractivity contribution in [3.63, 3.8) is 0 Å². The summed E-state index contributed by atoms with van der Waals surface area (Å²) in [6, 6.07) is 1.00. The van der Waals surface area contributed by atoms with Crippen LogP contribution >= 0.6 is 0 Å². The molecule has 1 saturated heterocycles. The molecule has 0 aromatic rings. The standard InChI is InChI=1S/C12H31O4Si4/c1-12(2,3)10-11-20(9)15-18(5,6)13-17(4)14-19(7,8)16-20/h10-11H2,1-9H3. The summed E-state index contributed by atoms with van der Waals surface area (Å²) in [5.74, 6) is 0. The first-order valence-corrected chi connectivity index (χ1v) is 17.3. The van der Waals surface area contributed by atoms with E-state index in [1.54, 1.807) is 0 Å². The normalized spacial score (nSPS) is 26.9. The number of hydrogen-bond acceptors (Lipinski definition) is 4. The minimum atomic E-state index is -2.24. The van der Waals surface area contributed by atoms with Crippen molar-refractivity contribution in [2.45, 2.75) is 72.5 Å². The Morgan fingerprint density at radius 1 is 0.850 bits per heavy atom. The van der Waals surface area contributed by atoms with Gasteiger partial charge >= 0.3 is 35.0 Å².